The molecule has 3 heteroatoms. The first-order chi connectivity index (χ1) is 8.75. The van der Waals surface area contributed by atoms with Crippen LogP contribution in [0.3, 0.4) is 0 Å². The van der Waals surface area contributed by atoms with E-state index < -0.39 is 0 Å². The number of para-hydroxylation sites is 2. The van der Waals surface area contributed by atoms with Crippen LogP contribution in [0.4, 0.5) is 0 Å². The van der Waals surface area contributed by atoms with E-state index in [4.69, 9.17) is 0 Å². The van der Waals surface area contributed by atoms with Gasteiger partial charge in [0.1, 0.15) is 0 Å². The highest BCUT2D eigenvalue weighted by atomic mass is 15.2. The van der Waals surface area contributed by atoms with Crippen molar-refractivity contribution in [1.29, 1.82) is 0 Å². The Balaban J connectivity index is 1.90. The Hall–Kier alpha value is -1.35. The average Bonchev–Trinajstić information content (AvgIpc) is 2.82. The molecule has 1 atom stereocenters. The maximum atomic E-state index is 4.51. The molecular weight excluding hydrogens is 222 g/mol. The predicted octanol–water partition coefficient (Wildman–Crippen LogP) is 3.08. The van der Waals surface area contributed by atoms with Crippen molar-refractivity contribution in [1.82, 2.24) is 14.5 Å². The van der Waals surface area contributed by atoms with Crippen LogP contribution in [0.15, 0.2) is 30.6 Å². The summed E-state index contributed by atoms with van der Waals surface area (Å²) in [5.74, 6) is 0. The monoisotopic (exact) mass is 243 g/mol. The van der Waals surface area contributed by atoms with Crippen LogP contribution in [0.25, 0.3) is 11.0 Å². The van der Waals surface area contributed by atoms with Gasteiger partial charge in [0.25, 0.3) is 0 Å². The second kappa shape index (κ2) is 4.73. The van der Waals surface area contributed by atoms with E-state index in [1.807, 2.05) is 6.33 Å². The minimum atomic E-state index is 0.577. The second-order valence-electron chi connectivity index (χ2n) is 5.53. The van der Waals surface area contributed by atoms with Crippen LogP contribution in [-0.2, 0) is 0 Å². The maximum absolute atomic E-state index is 4.51. The van der Waals surface area contributed by atoms with Gasteiger partial charge in [-0.25, -0.2) is 4.98 Å². The highest BCUT2D eigenvalue weighted by Gasteiger charge is 2.23. The van der Waals surface area contributed by atoms with Gasteiger partial charge in [0, 0.05) is 18.6 Å². The molecular formula is C15H21N3. The lowest BCUT2D eigenvalue weighted by molar-refractivity contribution is 0.144. The molecule has 0 spiro atoms. The first kappa shape index (κ1) is 11.7. The van der Waals surface area contributed by atoms with Crippen LogP contribution in [-0.4, -0.2) is 33.6 Å². The van der Waals surface area contributed by atoms with Crippen LogP contribution in [0.1, 0.15) is 32.7 Å². The van der Waals surface area contributed by atoms with Crippen LogP contribution in [0.2, 0.25) is 0 Å². The summed E-state index contributed by atoms with van der Waals surface area (Å²) in [6.45, 7) is 6.96. The highest BCUT2D eigenvalue weighted by Crippen LogP contribution is 2.26. The molecule has 0 bridgehead atoms. The number of piperidine rings is 1. The van der Waals surface area contributed by atoms with Crippen LogP contribution in [0.5, 0.6) is 0 Å². The molecule has 2 heterocycles. The minimum Gasteiger partial charge on any atom is -0.326 e. The van der Waals surface area contributed by atoms with Gasteiger partial charge in [-0.2, -0.15) is 0 Å². The molecule has 1 fully saturated rings. The van der Waals surface area contributed by atoms with Crippen molar-refractivity contribution in [3.63, 3.8) is 0 Å². The molecule has 1 aliphatic heterocycles. The molecule has 1 aromatic carbocycles. The first-order valence-corrected chi connectivity index (χ1v) is 6.91. The van der Waals surface area contributed by atoms with Gasteiger partial charge in [-0.1, -0.05) is 12.1 Å². The number of fused-ring (bicyclic) bond motifs is 1. The highest BCUT2D eigenvalue weighted by molar-refractivity contribution is 5.75. The van der Waals surface area contributed by atoms with Gasteiger partial charge in [-0.05, 0) is 45.4 Å². The zero-order chi connectivity index (χ0) is 12.5. The van der Waals surface area contributed by atoms with Crippen molar-refractivity contribution in [2.45, 2.75) is 38.8 Å². The largest absolute Gasteiger partial charge is 0.326 e. The van der Waals surface area contributed by atoms with Gasteiger partial charge < -0.3 is 4.57 Å². The van der Waals surface area contributed by atoms with E-state index in [1.165, 1.54) is 24.9 Å². The summed E-state index contributed by atoms with van der Waals surface area (Å²) in [5, 5.41) is 0. The number of aromatic nitrogens is 2. The van der Waals surface area contributed by atoms with Crippen molar-refractivity contribution in [2.75, 3.05) is 13.1 Å². The van der Waals surface area contributed by atoms with E-state index in [0.29, 0.717) is 12.1 Å². The Kier molecular flexibility index (Phi) is 3.08. The summed E-state index contributed by atoms with van der Waals surface area (Å²) < 4.78 is 2.36. The summed E-state index contributed by atoms with van der Waals surface area (Å²) in [7, 11) is 0. The number of imidazole rings is 1. The predicted molar refractivity (Wildman–Crippen MR) is 74.7 cm³/mol. The Bertz CT molecular complexity index is 529. The molecule has 2 aromatic rings. The third-order valence-corrected chi connectivity index (χ3v) is 4.03. The van der Waals surface area contributed by atoms with Crippen molar-refractivity contribution < 1.29 is 0 Å². The normalized spacial score (nSPS) is 21.8. The standard InChI is InChI=1S/C15H21N3/c1-12(2)17-9-5-6-13(10-17)18-11-16-14-7-3-4-8-15(14)18/h3-4,7-8,11-13H,5-6,9-10H2,1-2H3. The molecule has 0 aliphatic carbocycles. The number of hydrogen-bond donors (Lipinski definition) is 0. The molecule has 3 rings (SSSR count). The number of hydrogen-bond acceptors (Lipinski definition) is 2. The van der Waals surface area contributed by atoms with Gasteiger partial charge in [-0.3, -0.25) is 4.90 Å². The molecule has 0 radical (unpaired) electrons. The van der Waals surface area contributed by atoms with Gasteiger partial charge >= 0.3 is 0 Å². The summed E-state index contributed by atoms with van der Waals surface area (Å²) in [4.78, 5) is 7.08. The van der Waals surface area contributed by atoms with Gasteiger partial charge in [0.05, 0.1) is 17.4 Å². The fourth-order valence-corrected chi connectivity index (χ4v) is 2.95. The molecule has 0 N–H and O–H groups in total. The first-order valence-electron chi connectivity index (χ1n) is 6.91. The number of likely N-dealkylation sites (tertiary alicyclic amines) is 1. The van der Waals surface area contributed by atoms with E-state index in [-0.39, 0.29) is 0 Å². The zero-order valence-corrected chi connectivity index (χ0v) is 11.2. The van der Waals surface area contributed by atoms with E-state index >= 15 is 0 Å². The molecule has 3 nitrogen and oxygen atoms in total. The summed E-state index contributed by atoms with van der Waals surface area (Å²) in [5.41, 5.74) is 2.38. The second-order valence-corrected chi connectivity index (χ2v) is 5.53. The molecule has 0 amide bonds. The van der Waals surface area contributed by atoms with Crippen LogP contribution < -0.4 is 0 Å². The molecule has 1 aliphatic rings. The van der Waals surface area contributed by atoms with E-state index in [9.17, 15) is 0 Å². The Morgan fingerprint density at radius 2 is 2.11 bits per heavy atom. The molecule has 96 valence electrons. The molecule has 0 saturated carbocycles. The van der Waals surface area contributed by atoms with Gasteiger partial charge in [0.15, 0.2) is 0 Å². The lowest BCUT2D eigenvalue weighted by atomic mass is 10.0. The van der Waals surface area contributed by atoms with E-state index in [2.05, 4.69) is 52.6 Å². The van der Waals surface area contributed by atoms with Gasteiger partial charge in [-0.15, -0.1) is 0 Å². The molecule has 1 unspecified atom stereocenters. The molecule has 1 aromatic heterocycles. The van der Waals surface area contributed by atoms with E-state index in [0.717, 1.165) is 12.1 Å². The fourth-order valence-electron chi connectivity index (χ4n) is 2.95. The fraction of sp³-hybridized carbons (Fsp3) is 0.533. The summed E-state index contributed by atoms with van der Waals surface area (Å²) >= 11 is 0. The van der Waals surface area contributed by atoms with E-state index in [1.54, 1.807) is 0 Å². The lowest BCUT2D eigenvalue weighted by Gasteiger charge is -2.36. The van der Waals surface area contributed by atoms with Crippen molar-refractivity contribution >= 4 is 11.0 Å². The maximum Gasteiger partial charge on any atom is 0.0961 e. The minimum absolute atomic E-state index is 0.577. The Morgan fingerprint density at radius 3 is 2.94 bits per heavy atom. The quantitative estimate of drug-likeness (QED) is 0.808. The average molecular weight is 243 g/mol. The number of rotatable bonds is 2. The van der Waals surface area contributed by atoms with Crippen LogP contribution in [0, 0.1) is 0 Å². The number of nitrogens with zero attached hydrogens (tertiary/aromatic N) is 3. The Morgan fingerprint density at radius 1 is 1.28 bits per heavy atom. The molecule has 1 saturated heterocycles. The Labute approximate surface area is 108 Å². The zero-order valence-electron chi connectivity index (χ0n) is 11.2. The third-order valence-electron chi connectivity index (χ3n) is 4.03. The summed E-state index contributed by atoms with van der Waals surface area (Å²) in [6, 6.07) is 9.65. The number of benzene rings is 1. The van der Waals surface area contributed by atoms with Crippen molar-refractivity contribution in [3.05, 3.63) is 30.6 Å². The van der Waals surface area contributed by atoms with Crippen molar-refractivity contribution in [2.24, 2.45) is 0 Å². The molecule has 18 heavy (non-hydrogen) atoms. The third kappa shape index (κ3) is 2.03. The SMILES string of the molecule is CC(C)N1CCCC(n2cnc3ccccc32)C1. The van der Waals surface area contributed by atoms with Crippen LogP contribution >= 0.6 is 0 Å². The van der Waals surface area contributed by atoms with Crippen molar-refractivity contribution in [3.8, 4) is 0 Å². The lowest BCUT2D eigenvalue weighted by Crippen LogP contribution is -2.40. The van der Waals surface area contributed by atoms with Gasteiger partial charge in [0.2, 0.25) is 0 Å². The topological polar surface area (TPSA) is 21.1 Å². The smallest absolute Gasteiger partial charge is 0.0961 e. The summed E-state index contributed by atoms with van der Waals surface area (Å²) in [6.07, 6.45) is 4.57.